The summed E-state index contributed by atoms with van der Waals surface area (Å²) < 4.78 is 0. The van der Waals surface area contributed by atoms with Gasteiger partial charge in [-0.3, -0.25) is 9.89 Å². The summed E-state index contributed by atoms with van der Waals surface area (Å²) in [6.07, 6.45) is 3.87. The molecule has 1 rings (SSSR count). The Bertz CT molecular complexity index is 414. The first kappa shape index (κ1) is 15.5. The van der Waals surface area contributed by atoms with Gasteiger partial charge in [-0.2, -0.15) is 5.10 Å². The minimum atomic E-state index is -0.188. The third kappa shape index (κ3) is 4.26. The number of nitrogens with two attached hydrogens (primary N) is 1. The van der Waals surface area contributed by atoms with Gasteiger partial charge in [-0.15, -0.1) is 0 Å². The summed E-state index contributed by atoms with van der Waals surface area (Å²) in [6.45, 7) is 8.42. The third-order valence-electron chi connectivity index (χ3n) is 3.43. The van der Waals surface area contributed by atoms with Crippen molar-refractivity contribution in [1.29, 1.82) is 0 Å². The highest BCUT2D eigenvalue weighted by Gasteiger charge is 2.19. The number of hydrogen-bond acceptors (Lipinski definition) is 3. The van der Waals surface area contributed by atoms with Gasteiger partial charge in [0, 0.05) is 6.04 Å². The second-order valence-corrected chi connectivity index (χ2v) is 5.34. The maximum atomic E-state index is 12.1. The molecule has 1 heterocycles. The van der Waals surface area contributed by atoms with Gasteiger partial charge >= 0.3 is 0 Å². The van der Waals surface area contributed by atoms with Gasteiger partial charge in [0.15, 0.2) is 5.69 Å². The van der Waals surface area contributed by atoms with E-state index in [1.165, 1.54) is 0 Å². The molecule has 19 heavy (non-hydrogen) atoms. The smallest absolute Gasteiger partial charge is 0.274 e. The minimum absolute atomic E-state index is 0.133. The molecule has 5 heteroatoms. The summed E-state index contributed by atoms with van der Waals surface area (Å²) in [5.41, 5.74) is 7.59. The fourth-order valence-electron chi connectivity index (χ4n) is 2.12. The molecule has 1 amide bonds. The summed E-state index contributed by atoms with van der Waals surface area (Å²) in [5.74, 6) is 0.411. The maximum Gasteiger partial charge on any atom is 0.274 e. The van der Waals surface area contributed by atoms with Gasteiger partial charge in [0.2, 0.25) is 0 Å². The zero-order valence-electron chi connectivity index (χ0n) is 12.4. The average Bonchev–Trinajstić information content (AvgIpc) is 2.71. The van der Waals surface area contributed by atoms with Crippen LogP contribution in [0, 0.1) is 5.92 Å². The standard InChI is InChI=1S/C14H26N4O/c1-5-7-11-12(15)13(18-17-11)14(19)16-10(4)8-9(3)6-2/h9-10H,5-8,15H2,1-4H3,(H,16,19)(H,17,18). The highest BCUT2D eigenvalue weighted by molar-refractivity contribution is 5.97. The van der Waals surface area contributed by atoms with E-state index in [4.69, 9.17) is 5.73 Å². The molecular formula is C14H26N4O. The van der Waals surface area contributed by atoms with Crippen molar-refractivity contribution in [3.63, 3.8) is 0 Å². The normalized spacial score (nSPS) is 14.1. The van der Waals surface area contributed by atoms with Crippen molar-refractivity contribution < 1.29 is 4.79 Å². The van der Waals surface area contributed by atoms with E-state index in [0.717, 1.165) is 31.4 Å². The average molecular weight is 266 g/mol. The van der Waals surface area contributed by atoms with Gasteiger partial charge in [-0.1, -0.05) is 33.6 Å². The maximum absolute atomic E-state index is 12.1. The predicted molar refractivity (Wildman–Crippen MR) is 78.0 cm³/mol. The molecule has 1 aromatic rings. The Balaban J connectivity index is 2.63. The van der Waals surface area contributed by atoms with Crippen LogP contribution in [-0.2, 0) is 6.42 Å². The molecule has 0 bridgehead atoms. The predicted octanol–water partition coefficient (Wildman–Crippen LogP) is 2.50. The van der Waals surface area contributed by atoms with E-state index >= 15 is 0 Å². The van der Waals surface area contributed by atoms with Gasteiger partial charge in [0.1, 0.15) is 0 Å². The number of aromatic amines is 1. The van der Waals surface area contributed by atoms with Crippen molar-refractivity contribution in [2.75, 3.05) is 5.73 Å². The molecule has 0 spiro atoms. The molecule has 0 radical (unpaired) electrons. The van der Waals surface area contributed by atoms with E-state index in [1.54, 1.807) is 0 Å². The summed E-state index contributed by atoms with van der Waals surface area (Å²) >= 11 is 0. The van der Waals surface area contributed by atoms with Crippen molar-refractivity contribution in [1.82, 2.24) is 15.5 Å². The van der Waals surface area contributed by atoms with Gasteiger partial charge in [-0.25, -0.2) is 0 Å². The molecule has 0 saturated heterocycles. The first-order valence-corrected chi connectivity index (χ1v) is 7.13. The second-order valence-electron chi connectivity index (χ2n) is 5.34. The zero-order valence-corrected chi connectivity index (χ0v) is 12.4. The number of nitrogens with zero attached hydrogens (tertiary/aromatic N) is 1. The first-order chi connectivity index (χ1) is 8.99. The van der Waals surface area contributed by atoms with Crippen LogP contribution in [0.1, 0.15) is 63.1 Å². The fourth-order valence-corrected chi connectivity index (χ4v) is 2.12. The Labute approximate surface area is 115 Å². The van der Waals surface area contributed by atoms with Crippen LogP contribution in [0.2, 0.25) is 0 Å². The number of nitrogen functional groups attached to an aromatic ring is 1. The van der Waals surface area contributed by atoms with Crippen molar-refractivity contribution >= 4 is 11.6 Å². The third-order valence-corrected chi connectivity index (χ3v) is 3.43. The fraction of sp³-hybridized carbons (Fsp3) is 0.714. The molecule has 5 nitrogen and oxygen atoms in total. The molecule has 0 aromatic carbocycles. The van der Waals surface area contributed by atoms with Gasteiger partial charge in [-0.05, 0) is 25.7 Å². The first-order valence-electron chi connectivity index (χ1n) is 7.13. The van der Waals surface area contributed by atoms with Gasteiger partial charge in [0.05, 0.1) is 11.4 Å². The van der Waals surface area contributed by atoms with Crippen molar-refractivity contribution in [2.24, 2.45) is 5.92 Å². The van der Waals surface area contributed by atoms with Crippen LogP contribution in [0.4, 0.5) is 5.69 Å². The monoisotopic (exact) mass is 266 g/mol. The van der Waals surface area contributed by atoms with Crippen LogP contribution >= 0.6 is 0 Å². The number of H-pyrrole nitrogens is 1. The van der Waals surface area contributed by atoms with Crippen LogP contribution in [-0.4, -0.2) is 22.1 Å². The number of hydrogen-bond donors (Lipinski definition) is 3. The van der Waals surface area contributed by atoms with Crippen LogP contribution in [0.15, 0.2) is 0 Å². The number of carbonyl (C=O) groups is 1. The molecule has 4 N–H and O–H groups in total. The topological polar surface area (TPSA) is 83.8 Å². The molecule has 2 atom stereocenters. The largest absolute Gasteiger partial charge is 0.395 e. The molecule has 1 aromatic heterocycles. The number of rotatable bonds is 7. The number of aromatic nitrogens is 2. The van der Waals surface area contributed by atoms with Crippen molar-refractivity contribution in [2.45, 2.75) is 59.4 Å². The lowest BCUT2D eigenvalue weighted by Gasteiger charge is -2.17. The SMILES string of the molecule is CCCc1[nH]nc(C(=O)NC(C)CC(C)CC)c1N. The van der Waals surface area contributed by atoms with E-state index < -0.39 is 0 Å². The highest BCUT2D eigenvalue weighted by atomic mass is 16.2. The molecule has 2 unspecified atom stereocenters. The summed E-state index contributed by atoms with van der Waals surface area (Å²) in [6, 6.07) is 0.133. The highest BCUT2D eigenvalue weighted by Crippen LogP contribution is 2.16. The number of anilines is 1. The van der Waals surface area contributed by atoms with E-state index in [0.29, 0.717) is 17.3 Å². The molecule has 0 aliphatic heterocycles. The Hall–Kier alpha value is -1.52. The molecule has 0 fully saturated rings. The summed E-state index contributed by atoms with van der Waals surface area (Å²) in [7, 11) is 0. The Morgan fingerprint density at radius 1 is 1.42 bits per heavy atom. The van der Waals surface area contributed by atoms with Crippen LogP contribution < -0.4 is 11.1 Å². The number of aryl methyl sites for hydroxylation is 1. The number of amides is 1. The molecule has 108 valence electrons. The quantitative estimate of drug-likeness (QED) is 0.709. The van der Waals surface area contributed by atoms with Gasteiger partial charge < -0.3 is 11.1 Å². The number of carbonyl (C=O) groups excluding carboxylic acids is 1. The molecule has 0 aliphatic carbocycles. The zero-order chi connectivity index (χ0) is 14.4. The van der Waals surface area contributed by atoms with E-state index in [1.807, 2.05) is 6.92 Å². The lowest BCUT2D eigenvalue weighted by atomic mass is 10.0. The lowest BCUT2D eigenvalue weighted by Crippen LogP contribution is -2.34. The Kier molecular flexibility index (Phi) is 5.86. The van der Waals surface area contributed by atoms with Crippen LogP contribution in [0.5, 0.6) is 0 Å². The van der Waals surface area contributed by atoms with Gasteiger partial charge in [0.25, 0.3) is 5.91 Å². The molecule has 0 aliphatic rings. The lowest BCUT2D eigenvalue weighted by molar-refractivity contribution is 0.0931. The van der Waals surface area contributed by atoms with Crippen molar-refractivity contribution in [3.05, 3.63) is 11.4 Å². The Morgan fingerprint density at radius 3 is 2.68 bits per heavy atom. The Morgan fingerprint density at radius 2 is 2.11 bits per heavy atom. The summed E-state index contributed by atoms with van der Waals surface area (Å²) in [4.78, 5) is 12.1. The van der Waals surface area contributed by atoms with E-state index in [2.05, 4.69) is 36.3 Å². The molecular weight excluding hydrogens is 240 g/mol. The van der Waals surface area contributed by atoms with E-state index in [9.17, 15) is 4.79 Å². The van der Waals surface area contributed by atoms with Crippen molar-refractivity contribution in [3.8, 4) is 0 Å². The van der Waals surface area contributed by atoms with E-state index in [-0.39, 0.29) is 11.9 Å². The minimum Gasteiger partial charge on any atom is -0.395 e. The number of nitrogens with one attached hydrogen (secondary N) is 2. The van der Waals surface area contributed by atoms with Crippen LogP contribution in [0.25, 0.3) is 0 Å². The second kappa shape index (κ2) is 7.16. The van der Waals surface area contributed by atoms with Crippen LogP contribution in [0.3, 0.4) is 0 Å². The molecule has 0 saturated carbocycles. The summed E-state index contributed by atoms with van der Waals surface area (Å²) in [5, 5.41) is 9.83.